The zero-order valence-electron chi connectivity index (χ0n) is 11.8. The molecule has 0 bridgehead atoms. The summed E-state index contributed by atoms with van der Waals surface area (Å²) < 4.78 is 0. The van der Waals surface area contributed by atoms with Gasteiger partial charge in [0.25, 0.3) is 0 Å². The smallest absolute Gasteiger partial charge is 0.241 e. The zero-order valence-corrected chi connectivity index (χ0v) is 11.8. The van der Waals surface area contributed by atoms with Crippen LogP contribution in [0.15, 0.2) is 24.3 Å². The van der Waals surface area contributed by atoms with E-state index in [1.165, 1.54) is 4.90 Å². The van der Waals surface area contributed by atoms with E-state index in [2.05, 4.69) is 10.6 Å². The van der Waals surface area contributed by atoms with Gasteiger partial charge in [-0.15, -0.1) is 0 Å². The minimum absolute atomic E-state index is 0.0266. The Morgan fingerprint density at radius 2 is 1.95 bits per heavy atom. The maximum Gasteiger partial charge on any atom is 0.241 e. The Bertz CT molecular complexity index is 557. The first-order valence-corrected chi connectivity index (χ1v) is 6.67. The molecule has 112 valence electrons. The van der Waals surface area contributed by atoms with E-state index in [0.29, 0.717) is 12.2 Å². The number of nitrogens with zero attached hydrogens (tertiary/aromatic N) is 1. The highest BCUT2D eigenvalue weighted by atomic mass is 16.2. The predicted molar refractivity (Wildman–Crippen MR) is 77.1 cm³/mol. The third-order valence-electron chi connectivity index (χ3n) is 3.39. The number of carbonyl (C=O) groups is 3. The topological polar surface area (TPSA) is 105 Å². The normalized spacial score (nSPS) is 17.2. The molecule has 0 aromatic heterocycles. The average molecular weight is 290 g/mol. The second-order valence-electron chi connectivity index (χ2n) is 4.90. The minimum Gasteiger partial charge on any atom is -0.326 e. The van der Waals surface area contributed by atoms with Crippen LogP contribution in [0.4, 0.5) is 5.69 Å². The summed E-state index contributed by atoms with van der Waals surface area (Å²) in [4.78, 5) is 36.5. The third kappa shape index (κ3) is 3.65. The number of nitrogens with two attached hydrogens (primary N) is 1. The first-order chi connectivity index (χ1) is 10.0. The van der Waals surface area contributed by atoms with Crippen molar-refractivity contribution in [3.8, 4) is 0 Å². The van der Waals surface area contributed by atoms with Crippen molar-refractivity contribution in [2.75, 3.05) is 18.4 Å². The Kier molecular flexibility index (Phi) is 4.66. The third-order valence-corrected chi connectivity index (χ3v) is 3.39. The van der Waals surface area contributed by atoms with Gasteiger partial charge in [-0.2, -0.15) is 0 Å². The Labute approximate surface area is 122 Å². The van der Waals surface area contributed by atoms with E-state index < -0.39 is 17.9 Å². The van der Waals surface area contributed by atoms with Crippen LogP contribution in [0.2, 0.25) is 0 Å². The first-order valence-electron chi connectivity index (χ1n) is 6.67. The predicted octanol–water partition coefficient (Wildman–Crippen LogP) is -0.569. The van der Waals surface area contributed by atoms with Crippen LogP contribution in [-0.2, 0) is 20.9 Å². The molecule has 0 saturated carbocycles. The number of hydrogen-bond donors (Lipinski definition) is 3. The largest absolute Gasteiger partial charge is 0.326 e. The van der Waals surface area contributed by atoms with Gasteiger partial charge in [-0.05, 0) is 18.6 Å². The van der Waals surface area contributed by atoms with E-state index in [9.17, 15) is 14.4 Å². The Morgan fingerprint density at radius 3 is 2.57 bits per heavy atom. The number of amides is 3. The number of carbonyl (C=O) groups excluding carboxylic acids is 3. The van der Waals surface area contributed by atoms with Crippen molar-refractivity contribution >= 4 is 23.4 Å². The number of piperazine rings is 1. The zero-order chi connectivity index (χ0) is 15.4. The molecule has 0 spiro atoms. The highest BCUT2D eigenvalue weighted by Crippen LogP contribution is 2.15. The molecular formula is C14H18N4O3. The van der Waals surface area contributed by atoms with Crippen molar-refractivity contribution in [1.29, 1.82) is 0 Å². The Morgan fingerprint density at radius 1 is 1.33 bits per heavy atom. The standard InChI is InChI=1S/C14H18N4O3/c1-9(18-7-12(19)17-13(20)8-18)14(21)16-11-5-3-2-4-10(11)6-15/h2-5,9H,6-8,15H2,1H3,(H,16,21)(H,17,19,20). The molecule has 2 rings (SSSR count). The van der Waals surface area contributed by atoms with Gasteiger partial charge in [0, 0.05) is 12.2 Å². The molecule has 7 heteroatoms. The molecule has 1 fully saturated rings. The molecule has 1 unspecified atom stereocenters. The second kappa shape index (κ2) is 6.47. The summed E-state index contributed by atoms with van der Waals surface area (Å²) in [7, 11) is 0. The van der Waals surface area contributed by atoms with Gasteiger partial charge in [-0.3, -0.25) is 24.6 Å². The SMILES string of the molecule is CC(C(=O)Nc1ccccc1CN)N1CC(=O)NC(=O)C1. The molecule has 1 aromatic carbocycles. The monoisotopic (exact) mass is 290 g/mol. The molecule has 1 aromatic rings. The fraction of sp³-hybridized carbons (Fsp3) is 0.357. The van der Waals surface area contributed by atoms with E-state index in [4.69, 9.17) is 5.73 Å². The number of para-hydroxylation sites is 1. The maximum atomic E-state index is 12.3. The van der Waals surface area contributed by atoms with E-state index in [-0.39, 0.29) is 19.0 Å². The number of nitrogens with one attached hydrogen (secondary N) is 2. The minimum atomic E-state index is -0.592. The van der Waals surface area contributed by atoms with Gasteiger partial charge in [-0.25, -0.2) is 0 Å². The quantitative estimate of drug-likeness (QED) is 0.644. The molecular weight excluding hydrogens is 272 g/mol. The fourth-order valence-corrected chi connectivity index (χ4v) is 2.16. The molecule has 0 aliphatic carbocycles. The van der Waals surface area contributed by atoms with Crippen molar-refractivity contribution in [2.45, 2.75) is 19.5 Å². The highest BCUT2D eigenvalue weighted by Gasteiger charge is 2.29. The lowest BCUT2D eigenvalue weighted by molar-refractivity contribution is -0.138. The lowest BCUT2D eigenvalue weighted by Gasteiger charge is -2.30. The van der Waals surface area contributed by atoms with E-state index in [1.807, 2.05) is 12.1 Å². The summed E-state index contributed by atoms with van der Waals surface area (Å²) in [6.07, 6.45) is 0. The lowest BCUT2D eigenvalue weighted by atomic mass is 10.1. The molecule has 1 heterocycles. The van der Waals surface area contributed by atoms with E-state index in [0.717, 1.165) is 5.56 Å². The molecule has 21 heavy (non-hydrogen) atoms. The van der Waals surface area contributed by atoms with Crippen LogP contribution in [0.3, 0.4) is 0 Å². The Balaban J connectivity index is 2.05. The number of anilines is 1. The van der Waals surface area contributed by atoms with Gasteiger partial charge in [0.2, 0.25) is 17.7 Å². The van der Waals surface area contributed by atoms with Crippen LogP contribution in [0.5, 0.6) is 0 Å². The van der Waals surface area contributed by atoms with Gasteiger partial charge in [-0.1, -0.05) is 18.2 Å². The molecule has 3 amide bonds. The number of imide groups is 1. The number of benzene rings is 1. The fourth-order valence-electron chi connectivity index (χ4n) is 2.16. The van der Waals surface area contributed by atoms with Crippen molar-refractivity contribution < 1.29 is 14.4 Å². The summed E-state index contributed by atoms with van der Waals surface area (Å²) in [5.41, 5.74) is 7.09. The van der Waals surface area contributed by atoms with Gasteiger partial charge in [0.15, 0.2) is 0 Å². The van der Waals surface area contributed by atoms with Crippen LogP contribution >= 0.6 is 0 Å². The maximum absolute atomic E-state index is 12.3. The second-order valence-corrected chi connectivity index (χ2v) is 4.90. The molecule has 0 radical (unpaired) electrons. The molecule has 1 aliphatic heterocycles. The van der Waals surface area contributed by atoms with Crippen LogP contribution in [0.25, 0.3) is 0 Å². The van der Waals surface area contributed by atoms with Crippen molar-refractivity contribution in [2.24, 2.45) is 5.73 Å². The molecule has 1 aliphatic rings. The van der Waals surface area contributed by atoms with Gasteiger partial charge < -0.3 is 11.1 Å². The number of hydrogen-bond acceptors (Lipinski definition) is 5. The summed E-state index contributed by atoms with van der Waals surface area (Å²) in [5, 5.41) is 4.99. The number of rotatable bonds is 4. The van der Waals surface area contributed by atoms with Crippen molar-refractivity contribution in [3.05, 3.63) is 29.8 Å². The Hall–Kier alpha value is -2.25. The van der Waals surface area contributed by atoms with Crippen molar-refractivity contribution in [3.63, 3.8) is 0 Å². The average Bonchev–Trinajstić information content (AvgIpc) is 2.46. The van der Waals surface area contributed by atoms with E-state index in [1.54, 1.807) is 19.1 Å². The van der Waals surface area contributed by atoms with Crippen LogP contribution < -0.4 is 16.4 Å². The van der Waals surface area contributed by atoms with E-state index >= 15 is 0 Å². The molecule has 7 nitrogen and oxygen atoms in total. The highest BCUT2D eigenvalue weighted by molar-refractivity contribution is 6.01. The molecule has 1 atom stereocenters. The molecule has 1 saturated heterocycles. The lowest BCUT2D eigenvalue weighted by Crippen LogP contribution is -2.56. The van der Waals surface area contributed by atoms with Crippen LogP contribution in [0, 0.1) is 0 Å². The van der Waals surface area contributed by atoms with Crippen LogP contribution in [0.1, 0.15) is 12.5 Å². The van der Waals surface area contributed by atoms with Gasteiger partial charge in [0.05, 0.1) is 19.1 Å². The summed E-state index contributed by atoms with van der Waals surface area (Å²) in [6.45, 7) is 2.03. The molecule has 4 N–H and O–H groups in total. The van der Waals surface area contributed by atoms with Gasteiger partial charge in [0.1, 0.15) is 0 Å². The van der Waals surface area contributed by atoms with Crippen molar-refractivity contribution in [1.82, 2.24) is 10.2 Å². The van der Waals surface area contributed by atoms with Crippen LogP contribution in [-0.4, -0.2) is 41.8 Å². The van der Waals surface area contributed by atoms with Gasteiger partial charge >= 0.3 is 0 Å². The summed E-state index contributed by atoms with van der Waals surface area (Å²) >= 11 is 0. The first kappa shape index (κ1) is 15.1. The summed E-state index contributed by atoms with van der Waals surface area (Å²) in [6, 6.07) is 6.65. The summed E-state index contributed by atoms with van der Waals surface area (Å²) in [5.74, 6) is -1.07.